The van der Waals surface area contributed by atoms with Gasteiger partial charge in [-0.2, -0.15) is 0 Å². The lowest BCUT2D eigenvalue weighted by atomic mass is 10.1. The summed E-state index contributed by atoms with van der Waals surface area (Å²) >= 11 is 3.33. The third-order valence-corrected chi connectivity index (χ3v) is 3.06. The Morgan fingerprint density at radius 2 is 2.05 bits per heavy atom. The first-order chi connectivity index (χ1) is 9.04. The molecule has 0 radical (unpaired) electrons. The predicted molar refractivity (Wildman–Crippen MR) is 76.1 cm³/mol. The van der Waals surface area contributed by atoms with Gasteiger partial charge in [0.05, 0.1) is 18.7 Å². The highest BCUT2D eigenvalue weighted by Gasteiger charge is 2.11. The van der Waals surface area contributed by atoms with Crippen LogP contribution < -0.4 is 10.6 Å². The summed E-state index contributed by atoms with van der Waals surface area (Å²) < 4.78 is 5.52. The highest BCUT2D eigenvalue weighted by molar-refractivity contribution is 9.10. The number of carbonyl (C=O) groups excluding carboxylic acids is 2. The Kier molecular flexibility index (Phi) is 6.52. The minimum Gasteiger partial charge on any atom is -0.383 e. The van der Waals surface area contributed by atoms with Crippen LogP contribution in [0.4, 0.5) is 0 Å². The van der Waals surface area contributed by atoms with Crippen LogP contribution in [0.5, 0.6) is 0 Å². The lowest BCUT2D eigenvalue weighted by Crippen LogP contribution is -2.38. The van der Waals surface area contributed by atoms with Crippen LogP contribution in [0.3, 0.4) is 0 Å². The highest BCUT2D eigenvalue weighted by Crippen LogP contribution is 2.17. The molecule has 0 unspecified atom stereocenters. The van der Waals surface area contributed by atoms with Gasteiger partial charge in [0.1, 0.15) is 0 Å². The average molecular weight is 329 g/mol. The molecule has 0 fully saturated rings. The molecule has 2 N–H and O–H groups in total. The SMILES string of the molecule is COCCNC(=O)CNC(=O)c1ccc(C)cc1Br. The van der Waals surface area contributed by atoms with Gasteiger partial charge < -0.3 is 15.4 Å². The van der Waals surface area contributed by atoms with Crippen molar-refractivity contribution in [2.75, 3.05) is 26.8 Å². The Balaban J connectivity index is 2.45. The molecule has 2 amide bonds. The van der Waals surface area contributed by atoms with Gasteiger partial charge in [0, 0.05) is 18.1 Å². The van der Waals surface area contributed by atoms with E-state index in [1.54, 1.807) is 13.2 Å². The number of rotatable bonds is 6. The van der Waals surface area contributed by atoms with Crippen molar-refractivity contribution in [2.24, 2.45) is 0 Å². The van der Waals surface area contributed by atoms with Gasteiger partial charge in [-0.15, -0.1) is 0 Å². The fourth-order valence-electron chi connectivity index (χ4n) is 1.42. The third-order valence-electron chi connectivity index (χ3n) is 2.41. The van der Waals surface area contributed by atoms with Crippen LogP contribution in [-0.4, -0.2) is 38.6 Å². The molecule has 1 rings (SSSR count). The Morgan fingerprint density at radius 1 is 1.32 bits per heavy atom. The molecule has 0 saturated heterocycles. The number of nitrogens with one attached hydrogen (secondary N) is 2. The van der Waals surface area contributed by atoms with Gasteiger partial charge >= 0.3 is 0 Å². The first-order valence-electron chi connectivity index (χ1n) is 5.84. The summed E-state index contributed by atoms with van der Waals surface area (Å²) in [6, 6.07) is 5.42. The van der Waals surface area contributed by atoms with Gasteiger partial charge in [-0.1, -0.05) is 6.07 Å². The Bertz CT molecular complexity index is 463. The van der Waals surface area contributed by atoms with Crippen molar-refractivity contribution in [1.29, 1.82) is 0 Å². The van der Waals surface area contributed by atoms with Crippen molar-refractivity contribution in [3.05, 3.63) is 33.8 Å². The minimum atomic E-state index is -0.284. The Labute approximate surface area is 120 Å². The molecule has 6 heteroatoms. The topological polar surface area (TPSA) is 67.4 Å². The zero-order chi connectivity index (χ0) is 14.3. The molecule has 0 aromatic heterocycles. The van der Waals surface area contributed by atoms with E-state index in [9.17, 15) is 9.59 Å². The van der Waals surface area contributed by atoms with Gasteiger partial charge in [-0.3, -0.25) is 9.59 Å². The van der Waals surface area contributed by atoms with Crippen molar-refractivity contribution in [3.8, 4) is 0 Å². The van der Waals surface area contributed by atoms with Crippen LogP contribution in [0.25, 0.3) is 0 Å². The van der Waals surface area contributed by atoms with E-state index in [0.717, 1.165) is 5.56 Å². The lowest BCUT2D eigenvalue weighted by Gasteiger charge is -2.08. The van der Waals surface area contributed by atoms with Gasteiger partial charge in [0.15, 0.2) is 0 Å². The van der Waals surface area contributed by atoms with E-state index in [-0.39, 0.29) is 18.4 Å². The molecule has 0 aliphatic carbocycles. The van der Waals surface area contributed by atoms with Crippen LogP contribution in [0.15, 0.2) is 22.7 Å². The normalized spacial score (nSPS) is 10.1. The molecule has 1 aromatic rings. The number of ether oxygens (including phenoxy) is 1. The molecular formula is C13H17BrN2O3. The number of benzene rings is 1. The van der Waals surface area contributed by atoms with E-state index < -0.39 is 0 Å². The minimum absolute atomic E-state index is 0.0527. The molecule has 0 spiro atoms. The van der Waals surface area contributed by atoms with Gasteiger partial charge in [0.25, 0.3) is 5.91 Å². The summed E-state index contributed by atoms with van der Waals surface area (Å²) in [4.78, 5) is 23.3. The van der Waals surface area contributed by atoms with Crippen molar-refractivity contribution in [3.63, 3.8) is 0 Å². The second-order valence-electron chi connectivity index (χ2n) is 4.01. The van der Waals surface area contributed by atoms with Crippen LogP contribution in [0.2, 0.25) is 0 Å². The van der Waals surface area contributed by atoms with Gasteiger partial charge in [-0.25, -0.2) is 0 Å². The molecule has 0 saturated carbocycles. The van der Waals surface area contributed by atoms with Crippen LogP contribution >= 0.6 is 15.9 Å². The maximum atomic E-state index is 11.9. The number of aryl methyl sites for hydroxylation is 1. The van der Waals surface area contributed by atoms with Crippen molar-refractivity contribution >= 4 is 27.7 Å². The molecule has 0 atom stereocenters. The zero-order valence-corrected chi connectivity index (χ0v) is 12.5. The van der Waals surface area contributed by atoms with Gasteiger partial charge in [0.2, 0.25) is 5.91 Å². The van der Waals surface area contributed by atoms with Crippen LogP contribution in [0, 0.1) is 6.92 Å². The molecule has 0 aliphatic heterocycles. The summed E-state index contributed by atoms with van der Waals surface area (Å²) in [6.07, 6.45) is 0. The average Bonchev–Trinajstić information content (AvgIpc) is 2.36. The van der Waals surface area contributed by atoms with E-state index in [0.29, 0.717) is 23.2 Å². The zero-order valence-electron chi connectivity index (χ0n) is 11.0. The van der Waals surface area contributed by atoms with E-state index in [2.05, 4.69) is 26.6 Å². The second-order valence-corrected chi connectivity index (χ2v) is 4.86. The molecule has 0 heterocycles. The summed E-state index contributed by atoms with van der Waals surface area (Å²) in [6.45, 7) is 2.77. The number of carbonyl (C=O) groups is 2. The second kappa shape index (κ2) is 7.91. The van der Waals surface area contributed by atoms with Gasteiger partial charge in [-0.05, 0) is 40.5 Å². The first kappa shape index (κ1) is 15.7. The predicted octanol–water partition coefficient (Wildman–Crippen LogP) is 1.25. The molecule has 1 aromatic carbocycles. The third kappa shape index (κ3) is 5.40. The summed E-state index contributed by atoms with van der Waals surface area (Å²) in [5.41, 5.74) is 1.57. The number of amides is 2. The van der Waals surface area contributed by atoms with E-state index in [1.165, 1.54) is 0 Å². The van der Waals surface area contributed by atoms with E-state index in [1.807, 2.05) is 19.1 Å². The fourth-order valence-corrected chi connectivity index (χ4v) is 2.09. The maximum Gasteiger partial charge on any atom is 0.252 e. The van der Waals surface area contributed by atoms with Crippen molar-refractivity contribution in [2.45, 2.75) is 6.92 Å². The molecule has 19 heavy (non-hydrogen) atoms. The lowest BCUT2D eigenvalue weighted by molar-refractivity contribution is -0.120. The molecule has 5 nitrogen and oxygen atoms in total. The molecular weight excluding hydrogens is 312 g/mol. The monoisotopic (exact) mass is 328 g/mol. The highest BCUT2D eigenvalue weighted by atomic mass is 79.9. The molecule has 104 valence electrons. The molecule has 0 bridgehead atoms. The fraction of sp³-hybridized carbons (Fsp3) is 0.385. The van der Waals surface area contributed by atoms with Crippen molar-refractivity contribution in [1.82, 2.24) is 10.6 Å². The van der Waals surface area contributed by atoms with E-state index >= 15 is 0 Å². The Morgan fingerprint density at radius 3 is 2.68 bits per heavy atom. The van der Waals surface area contributed by atoms with Crippen LogP contribution in [-0.2, 0) is 9.53 Å². The quantitative estimate of drug-likeness (QED) is 0.772. The summed E-state index contributed by atoms with van der Waals surface area (Å²) in [5.74, 6) is -0.526. The van der Waals surface area contributed by atoms with Crippen molar-refractivity contribution < 1.29 is 14.3 Å². The van der Waals surface area contributed by atoms with Crippen LogP contribution in [0.1, 0.15) is 15.9 Å². The number of hydrogen-bond donors (Lipinski definition) is 2. The number of hydrogen-bond acceptors (Lipinski definition) is 3. The maximum absolute atomic E-state index is 11.9. The Hall–Kier alpha value is -1.40. The summed E-state index contributed by atoms with van der Waals surface area (Å²) in [7, 11) is 1.56. The largest absolute Gasteiger partial charge is 0.383 e. The smallest absolute Gasteiger partial charge is 0.252 e. The first-order valence-corrected chi connectivity index (χ1v) is 6.64. The molecule has 0 aliphatic rings. The number of methoxy groups -OCH3 is 1. The van der Waals surface area contributed by atoms with E-state index in [4.69, 9.17) is 4.74 Å². The number of halogens is 1. The summed E-state index contributed by atoms with van der Waals surface area (Å²) in [5, 5.41) is 5.19. The standard InChI is InChI=1S/C13H17BrN2O3/c1-9-3-4-10(11(14)7-9)13(18)16-8-12(17)15-5-6-19-2/h3-4,7H,5-6,8H2,1-2H3,(H,15,17)(H,16,18).